The lowest BCUT2D eigenvalue weighted by molar-refractivity contribution is -0.137. The topological polar surface area (TPSA) is 286 Å². The average Bonchev–Trinajstić information content (AvgIpc) is 1.70. The van der Waals surface area contributed by atoms with Crippen LogP contribution in [0.25, 0.3) is 10.8 Å². The number of unbranched alkanes of at least 4 members (excludes halogenated alkanes) is 4. The van der Waals surface area contributed by atoms with Crippen molar-refractivity contribution < 1.29 is 67.2 Å². The molecule has 0 aliphatic carbocycles. The quantitative estimate of drug-likeness (QED) is 0.0193. The Morgan fingerprint density at radius 2 is 1.51 bits per heavy atom. The predicted octanol–water partition coefficient (Wildman–Crippen LogP) is 9.00. The van der Waals surface area contributed by atoms with Crippen molar-refractivity contribution in [2.75, 3.05) is 60.9 Å². The third-order valence-corrected chi connectivity index (χ3v) is 16.9. The highest BCUT2D eigenvalue weighted by Gasteiger charge is 2.46. The van der Waals surface area contributed by atoms with Gasteiger partial charge in [0.05, 0.1) is 36.7 Å². The molecule has 0 unspecified atom stereocenters. The first kappa shape index (κ1) is 66.7. The van der Waals surface area contributed by atoms with Gasteiger partial charge in [0.2, 0.25) is 17.7 Å². The number of ether oxygens (including phenoxy) is 4. The van der Waals surface area contributed by atoms with Crippen molar-refractivity contribution in [3.8, 4) is 17.2 Å². The molecule has 0 aromatic heterocycles. The number of carbonyl (C=O) groups excluding carboxylic acids is 9. The summed E-state index contributed by atoms with van der Waals surface area (Å²) in [6.07, 6.45) is 5.91. The lowest BCUT2D eigenvalue weighted by Crippen LogP contribution is -2.51. The number of rotatable bonds is 29. The third-order valence-electron chi connectivity index (χ3n) is 16.5. The number of nitrogens with two attached hydrogens (primary N) is 1. The van der Waals surface area contributed by atoms with E-state index in [2.05, 4.69) is 16.0 Å². The average molecular weight is 1250 g/mol. The number of benzene rings is 4. The number of primary amides is 1. The summed E-state index contributed by atoms with van der Waals surface area (Å²) in [7, 11) is 1.47. The number of hydrogen-bond donors (Lipinski definition) is 5. The fraction of sp³-hybridized carbons (Fsp3) is 0.500. The van der Waals surface area contributed by atoms with Crippen LogP contribution in [-0.2, 0) is 40.1 Å². The first-order valence-corrected chi connectivity index (χ1v) is 31.3. The fourth-order valence-corrected chi connectivity index (χ4v) is 12.1. The van der Waals surface area contributed by atoms with Crippen LogP contribution in [0.2, 0.25) is 0 Å². The summed E-state index contributed by atoms with van der Waals surface area (Å²) in [6.45, 7) is 10.5. The molecule has 6 N–H and O–H groups in total. The molecule has 4 aromatic carbocycles. The number of alkyl halides is 1. The van der Waals surface area contributed by atoms with Crippen LogP contribution in [-0.4, -0.2) is 138 Å². The number of imide groups is 1. The maximum absolute atomic E-state index is 14.2. The summed E-state index contributed by atoms with van der Waals surface area (Å²) >= 11 is 6.62. The van der Waals surface area contributed by atoms with Crippen LogP contribution >= 0.6 is 11.6 Å². The maximum Gasteiger partial charge on any atom is 0.417 e. The van der Waals surface area contributed by atoms with Gasteiger partial charge < -0.3 is 55.5 Å². The number of hydrogen-bond acceptors (Lipinski definition) is 14. The van der Waals surface area contributed by atoms with Crippen molar-refractivity contribution in [1.82, 2.24) is 20.4 Å². The van der Waals surface area contributed by atoms with E-state index >= 15 is 0 Å². The molecule has 0 spiro atoms. The molecule has 1 saturated heterocycles. The molecular formula is C66H83ClN8O14. The number of nitrogens with zero attached hydrogens (tertiary/aromatic N) is 4. The number of urea groups is 1. The van der Waals surface area contributed by atoms with E-state index in [-0.39, 0.29) is 110 Å². The van der Waals surface area contributed by atoms with Gasteiger partial charge in [-0.1, -0.05) is 56.7 Å². The highest BCUT2D eigenvalue weighted by Crippen LogP contribution is 2.47. The molecule has 4 aromatic rings. The van der Waals surface area contributed by atoms with E-state index in [4.69, 9.17) is 36.3 Å². The van der Waals surface area contributed by atoms with Gasteiger partial charge in [0.25, 0.3) is 17.7 Å². The Morgan fingerprint density at radius 1 is 0.809 bits per heavy atom. The molecule has 8 rings (SSSR count). The van der Waals surface area contributed by atoms with Gasteiger partial charge in [-0.3, -0.25) is 38.5 Å². The molecule has 89 heavy (non-hydrogen) atoms. The Hall–Kier alpha value is -8.24. The van der Waals surface area contributed by atoms with Gasteiger partial charge in [0.1, 0.15) is 29.8 Å². The number of aliphatic hydroxyl groups excluding tert-OH is 1. The minimum Gasteiger partial charge on any atom is -0.493 e. The lowest BCUT2D eigenvalue weighted by Gasteiger charge is -2.33. The van der Waals surface area contributed by atoms with Crippen LogP contribution in [0.1, 0.15) is 145 Å². The van der Waals surface area contributed by atoms with E-state index in [1.807, 2.05) is 56.3 Å². The first-order valence-electron chi connectivity index (χ1n) is 30.8. The van der Waals surface area contributed by atoms with E-state index < -0.39 is 53.8 Å². The van der Waals surface area contributed by atoms with Crippen LogP contribution in [0.5, 0.6) is 17.2 Å². The van der Waals surface area contributed by atoms with Crippen molar-refractivity contribution in [3.63, 3.8) is 0 Å². The number of Topliss-reactive ketones (excluding diaryl/α,β-unsaturated/α-hetero) is 1. The van der Waals surface area contributed by atoms with Crippen molar-refractivity contribution in [2.24, 2.45) is 17.6 Å². The molecule has 4 aliphatic rings. The molecule has 1 fully saturated rings. The highest BCUT2D eigenvalue weighted by atomic mass is 35.5. The predicted molar refractivity (Wildman–Crippen MR) is 336 cm³/mol. The minimum atomic E-state index is -1.35. The smallest absolute Gasteiger partial charge is 0.417 e. The molecule has 0 saturated carbocycles. The molecule has 478 valence electrons. The van der Waals surface area contributed by atoms with Crippen molar-refractivity contribution in [3.05, 3.63) is 95.6 Å². The second-order valence-corrected chi connectivity index (χ2v) is 24.7. The van der Waals surface area contributed by atoms with E-state index in [1.54, 1.807) is 54.8 Å². The Kier molecular flexibility index (Phi) is 22.7. The van der Waals surface area contributed by atoms with Gasteiger partial charge >= 0.3 is 12.1 Å². The Balaban J connectivity index is 0.862. The van der Waals surface area contributed by atoms with Gasteiger partial charge in [-0.25, -0.2) is 14.5 Å². The highest BCUT2D eigenvalue weighted by molar-refractivity contribution is 6.19. The molecule has 22 nitrogen and oxygen atoms in total. The number of carbonyl (C=O) groups is 9. The second kappa shape index (κ2) is 30.3. The number of methoxy groups -OCH3 is 1. The van der Waals surface area contributed by atoms with Crippen LogP contribution in [0.15, 0.2) is 78.9 Å². The summed E-state index contributed by atoms with van der Waals surface area (Å²) in [5, 5.41) is 21.7. The number of fused-ring (bicyclic) bond motifs is 5. The Labute approximate surface area is 524 Å². The zero-order chi connectivity index (χ0) is 64.1. The summed E-state index contributed by atoms with van der Waals surface area (Å²) in [5.74, 6) is -1.79. The summed E-state index contributed by atoms with van der Waals surface area (Å²) in [6, 6.07) is 17.5. The van der Waals surface area contributed by atoms with Crippen LogP contribution < -0.4 is 45.7 Å². The number of anilines is 3. The summed E-state index contributed by atoms with van der Waals surface area (Å²) < 4.78 is 24.2. The number of nitrogens with one attached hydrogen (secondary N) is 3. The number of ketones is 1. The van der Waals surface area contributed by atoms with Crippen molar-refractivity contribution in [1.29, 1.82) is 0 Å². The number of amides is 9. The monoisotopic (exact) mass is 1250 g/mol. The van der Waals surface area contributed by atoms with Crippen molar-refractivity contribution >= 4 is 92.8 Å². The van der Waals surface area contributed by atoms with E-state index in [1.165, 1.54) is 19.3 Å². The lowest BCUT2D eigenvalue weighted by atomic mass is 9.88. The molecule has 4 heterocycles. The molecule has 0 radical (unpaired) electrons. The Morgan fingerprint density at radius 3 is 2.19 bits per heavy atom. The van der Waals surface area contributed by atoms with Crippen LogP contribution in [0, 0.1) is 11.8 Å². The first-order chi connectivity index (χ1) is 42.6. The largest absolute Gasteiger partial charge is 0.493 e. The summed E-state index contributed by atoms with van der Waals surface area (Å²) in [4.78, 5) is 123. The van der Waals surface area contributed by atoms with Gasteiger partial charge in [0, 0.05) is 98.5 Å². The van der Waals surface area contributed by atoms with Crippen molar-refractivity contribution in [2.45, 2.75) is 155 Å². The zero-order valence-corrected chi connectivity index (χ0v) is 52.4. The minimum absolute atomic E-state index is 0.0279. The SMILES string of the molecule is COc1cc2c(cc1OCCCCCC(=O)N1C[C@@H](CCl)c3c1cc(OCc1ccc(NC(=O)[C@H](CCCNC(N)=O)NC(=O)[C@@H](CC(=O)CCCCCN4C(=O)C=CC4=O)C(C)C)cc1)c1ccccc31)N(C(=O)OC(C)(C)C)[C@@H](O)[C@@H]1CCCN1C2=O. The molecule has 9 amide bonds. The molecule has 5 atom stereocenters. The zero-order valence-electron chi connectivity index (χ0n) is 51.6. The molecular weight excluding hydrogens is 1160 g/mol. The standard InChI is InChI=1S/C66H83ClN8O14/c1-40(2)47(33-44(76)17-9-7-13-30-73-57(78)27-28-58(73)79)60(80)71-49(20-15-29-69-64(68)84)61(81)70-43-25-23-41(24-26-43)39-88-53-36-52-59(46-19-12-11-18-45(46)53)42(37-67)38-74(52)56(77)22-10-8-14-32-87-55-35-51-48(34-54(55)86-6)62(82)72-31-16-21-50(72)63(83)75(51)65(85)89-66(3,4)5/h11-12,18-19,23-28,34-36,40,42,47,49-50,63,83H,7-10,13-17,20-22,29-33,37-39H2,1-6H3,(H,70,81)(H,71,80)(H3,68,69,84)/t42-,47+,49+,50+,63+/m1/s1. The van der Waals surface area contributed by atoms with Gasteiger partial charge in [-0.15, -0.1) is 11.6 Å². The Bertz CT molecular complexity index is 3290. The maximum atomic E-state index is 14.2. The summed E-state index contributed by atoms with van der Waals surface area (Å²) in [5.41, 5.74) is 7.68. The van der Waals surface area contributed by atoms with Gasteiger partial charge in [0.15, 0.2) is 17.7 Å². The van der Waals surface area contributed by atoms with Crippen LogP contribution in [0.4, 0.5) is 26.7 Å². The normalized spacial score (nSPS) is 17.7. The van der Waals surface area contributed by atoms with E-state index in [9.17, 15) is 48.3 Å². The van der Waals surface area contributed by atoms with Crippen LogP contribution in [0.3, 0.4) is 0 Å². The number of halogens is 1. The number of aliphatic hydroxyl groups is 1. The van der Waals surface area contributed by atoms with E-state index in [0.717, 1.165) is 37.4 Å². The third kappa shape index (κ3) is 16.7. The van der Waals surface area contributed by atoms with Gasteiger partial charge in [-0.2, -0.15) is 0 Å². The molecule has 23 heteroatoms. The fourth-order valence-electron chi connectivity index (χ4n) is 11.8. The van der Waals surface area contributed by atoms with Gasteiger partial charge in [-0.05, 0) is 119 Å². The molecule has 0 bridgehead atoms. The van der Waals surface area contributed by atoms with E-state index in [0.29, 0.717) is 93.9 Å². The second-order valence-electron chi connectivity index (χ2n) is 24.4. The molecule has 4 aliphatic heterocycles.